The quantitative estimate of drug-likeness (QED) is 0.743. The molecule has 1 rings (SSSR count). The van der Waals surface area contributed by atoms with Gasteiger partial charge in [0.05, 0.1) is 6.61 Å². The number of carbonyl (C=O) groups excluding carboxylic acids is 1. The number of amides is 1. The van der Waals surface area contributed by atoms with E-state index in [2.05, 4.69) is 5.32 Å². The molecule has 1 aromatic rings. The molecule has 0 aliphatic heterocycles. The van der Waals surface area contributed by atoms with Gasteiger partial charge in [0.2, 0.25) is 0 Å². The third-order valence-corrected chi connectivity index (χ3v) is 2.19. The predicted molar refractivity (Wildman–Crippen MR) is 61.7 cm³/mol. The van der Waals surface area contributed by atoms with Crippen LogP contribution in [0.4, 0.5) is 0 Å². The lowest BCUT2D eigenvalue weighted by atomic mass is 10.1. The number of hydrogen-bond acceptors (Lipinski definition) is 3. The Morgan fingerprint density at radius 1 is 1.50 bits per heavy atom. The minimum Gasteiger partial charge on any atom is -0.508 e. The van der Waals surface area contributed by atoms with Crippen LogP contribution in [0.3, 0.4) is 0 Å². The Morgan fingerprint density at radius 2 is 2.25 bits per heavy atom. The number of nitrogens with one attached hydrogen (secondary N) is 1. The lowest BCUT2D eigenvalue weighted by Crippen LogP contribution is -2.27. The summed E-state index contributed by atoms with van der Waals surface area (Å²) in [6, 6.07) is 4.68. The summed E-state index contributed by atoms with van der Waals surface area (Å²) in [5.74, 6) is 0.0283. The molecule has 2 N–H and O–H groups in total. The molecule has 0 aliphatic rings. The summed E-state index contributed by atoms with van der Waals surface area (Å²) in [5.41, 5.74) is 1.34. The summed E-state index contributed by atoms with van der Waals surface area (Å²) in [7, 11) is 0. The van der Waals surface area contributed by atoms with Crippen molar-refractivity contribution in [3.8, 4) is 5.75 Å². The van der Waals surface area contributed by atoms with Crippen LogP contribution in [0.5, 0.6) is 5.75 Å². The fraction of sp³-hybridized carbons (Fsp3) is 0.417. The highest BCUT2D eigenvalue weighted by molar-refractivity contribution is 5.95. The van der Waals surface area contributed by atoms with Gasteiger partial charge in [-0.05, 0) is 37.6 Å². The van der Waals surface area contributed by atoms with E-state index in [-0.39, 0.29) is 11.7 Å². The Morgan fingerprint density at radius 3 is 2.88 bits per heavy atom. The van der Waals surface area contributed by atoms with Crippen LogP contribution in [0.1, 0.15) is 22.8 Å². The van der Waals surface area contributed by atoms with Gasteiger partial charge in [-0.2, -0.15) is 0 Å². The van der Waals surface area contributed by atoms with E-state index in [0.29, 0.717) is 25.3 Å². The second-order valence-corrected chi connectivity index (χ2v) is 3.45. The molecular formula is C12H17NO3. The number of hydrogen-bond donors (Lipinski definition) is 2. The van der Waals surface area contributed by atoms with Crippen molar-refractivity contribution in [2.24, 2.45) is 0 Å². The van der Waals surface area contributed by atoms with E-state index >= 15 is 0 Å². The largest absolute Gasteiger partial charge is 0.508 e. The van der Waals surface area contributed by atoms with Crippen LogP contribution in [-0.4, -0.2) is 30.8 Å². The van der Waals surface area contributed by atoms with E-state index in [1.54, 1.807) is 19.1 Å². The molecule has 0 aliphatic carbocycles. The van der Waals surface area contributed by atoms with E-state index in [1.807, 2.05) is 6.92 Å². The van der Waals surface area contributed by atoms with Gasteiger partial charge in [0.15, 0.2) is 0 Å². The molecule has 4 nitrogen and oxygen atoms in total. The molecule has 0 radical (unpaired) electrons. The average molecular weight is 223 g/mol. The third kappa shape index (κ3) is 3.55. The van der Waals surface area contributed by atoms with Gasteiger partial charge in [0, 0.05) is 18.7 Å². The van der Waals surface area contributed by atoms with Crippen LogP contribution in [0.2, 0.25) is 0 Å². The van der Waals surface area contributed by atoms with Crippen molar-refractivity contribution in [3.05, 3.63) is 29.3 Å². The molecule has 16 heavy (non-hydrogen) atoms. The molecule has 0 aromatic heterocycles. The maximum Gasteiger partial charge on any atom is 0.251 e. The molecule has 1 amide bonds. The molecule has 0 saturated heterocycles. The number of phenolic OH excluding ortho intramolecular Hbond substituents is 1. The van der Waals surface area contributed by atoms with Crippen LogP contribution >= 0.6 is 0 Å². The van der Waals surface area contributed by atoms with Gasteiger partial charge in [-0.25, -0.2) is 0 Å². The molecule has 0 spiro atoms. The predicted octanol–water partition coefficient (Wildman–Crippen LogP) is 1.47. The Kier molecular flexibility index (Phi) is 4.79. The zero-order valence-electron chi connectivity index (χ0n) is 9.62. The van der Waals surface area contributed by atoms with Crippen LogP contribution in [0.25, 0.3) is 0 Å². The number of carbonyl (C=O) groups is 1. The van der Waals surface area contributed by atoms with Crippen LogP contribution in [0.15, 0.2) is 18.2 Å². The molecule has 0 fully saturated rings. The summed E-state index contributed by atoms with van der Waals surface area (Å²) in [6.07, 6.45) is 0. The first-order chi connectivity index (χ1) is 7.65. The summed E-state index contributed by atoms with van der Waals surface area (Å²) < 4.78 is 5.11. The summed E-state index contributed by atoms with van der Waals surface area (Å²) >= 11 is 0. The van der Waals surface area contributed by atoms with E-state index in [0.717, 1.165) is 5.56 Å². The zero-order valence-corrected chi connectivity index (χ0v) is 9.62. The Bertz CT molecular complexity index is 363. The Labute approximate surface area is 95.2 Å². The first kappa shape index (κ1) is 12.5. The number of phenols is 1. The molecule has 0 unspecified atom stereocenters. The Hall–Kier alpha value is -1.55. The number of aryl methyl sites for hydroxylation is 1. The van der Waals surface area contributed by atoms with Gasteiger partial charge in [0.25, 0.3) is 5.91 Å². The minimum absolute atomic E-state index is 0.141. The number of benzene rings is 1. The second kappa shape index (κ2) is 6.12. The summed E-state index contributed by atoms with van der Waals surface area (Å²) in [4.78, 5) is 11.7. The molecule has 0 atom stereocenters. The van der Waals surface area contributed by atoms with Crippen molar-refractivity contribution < 1.29 is 14.6 Å². The third-order valence-electron chi connectivity index (χ3n) is 2.19. The van der Waals surface area contributed by atoms with Gasteiger partial charge < -0.3 is 15.2 Å². The van der Waals surface area contributed by atoms with Crippen LogP contribution in [-0.2, 0) is 4.74 Å². The summed E-state index contributed by atoms with van der Waals surface area (Å²) in [5, 5.41) is 12.0. The van der Waals surface area contributed by atoms with E-state index in [9.17, 15) is 9.90 Å². The minimum atomic E-state index is -0.141. The standard InChI is InChI=1S/C12H17NO3/c1-3-16-7-6-13-12(15)11-5-4-10(14)8-9(11)2/h4-5,8,14H,3,6-7H2,1-2H3,(H,13,15). The van der Waals surface area contributed by atoms with Gasteiger partial charge >= 0.3 is 0 Å². The molecular weight excluding hydrogens is 206 g/mol. The maximum atomic E-state index is 11.7. The number of rotatable bonds is 5. The number of aromatic hydroxyl groups is 1. The smallest absolute Gasteiger partial charge is 0.251 e. The monoisotopic (exact) mass is 223 g/mol. The van der Waals surface area contributed by atoms with Crippen LogP contribution < -0.4 is 5.32 Å². The van der Waals surface area contributed by atoms with Crippen molar-refractivity contribution in [1.29, 1.82) is 0 Å². The average Bonchev–Trinajstić information content (AvgIpc) is 2.24. The van der Waals surface area contributed by atoms with Crippen molar-refractivity contribution in [1.82, 2.24) is 5.32 Å². The lowest BCUT2D eigenvalue weighted by molar-refractivity contribution is 0.0922. The van der Waals surface area contributed by atoms with E-state index < -0.39 is 0 Å². The van der Waals surface area contributed by atoms with Crippen molar-refractivity contribution >= 4 is 5.91 Å². The molecule has 0 bridgehead atoms. The normalized spacial score (nSPS) is 10.1. The number of ether oxygens (including phenoxy) is 1. The highest BCUT2D eigenvalue weighted by Crippen LogP contribution is 2.15. The van der Waals surface area contributed by atoms with Crippen molar-refractivity contribution in [3.63, 3.8) is 0 Å². The molecule has 0 heterocycles. The zero-order chi connectivity index (χ0) is 12.0. The maximum absolute atomic E-state index is 11.7. The van der Waals surface area contributed by atoms with E-state index in [1.165, 1.54) is 6.07 Å². The fourth-order valence-electron chi connectivity index (χ4n) is 1.38. The van der Waals surface area contributed by atoms with Crippen LogP contribution in [0, 0.1) is 6.92 Å². The topological polar surface area (TPSA) is 58.6 Å². The van der Waals surface area contributed by atoms with Gasteiger partial charge in [-0.1, -0.05) is 0 Å². The first-order valence-corrected chi connectivity index (χ1v) is 5.30. The molecule has 0 saturated carbocycles. The van der Waals surface area contributed by atoms with E-state index in [4.69, 9.17) is 4.74 Å². The van der Waals surface area contributed by atoms with Gasteiger partial charge in [0.1, 0.15) is 5.75 Å². The van der Waals surface area contributed by atoms with Crippen molar-refractivity contribution in [2.75, 3.05) is 19.8 Å². The Balaban J connectivity index is 2.53. The second-order valence-electron chi connectivity index (χ2n) is 3.45. The molecule has 1 aromatic carbocycles. The highest BCUT2D eigenvalue weighted by atomic mass is 16.5. The lowest BCUT2D eigenvalue weighted by Gasteiger charge is -2.07. The first-order valence-electron chi connectivity index (χ1n) is 5.30. The fourth-order valence-corrected chi connectivity index (χ4v) is 1.38. The summed E-state index contributed by atoms with van der Waals surface area (Å²) in [6.45, 7) is 5.35. The SMILES string of the molecule is CCOCCNC(=O)c1ccc(O)cc1C. The molecule has 4 heteroatoms. The van der Waals surface area contributed by atoms with Gasteiger partial charge in [-0.3, -0.25) is 4.79 Å². The van der Waals surface area contributed by atoms with Gasteiger partial charge in [-0.15, -0.1) is 0 Å². The highest BCUT2D eigenvalue weighted by Gasteiger charge is 2.08. The molecule has 88 valence electrons. The van der Waals surface area contributed by atoms with Crippen molar-refractivity contribution in [2.45, 2.75) is 13.8 Å².